The number of carbonyl (C=O) groups is 2. The quantitative estimate of drug-likeness (QED) is 0.584. The van der Waals surface area contributed by atoms with Gasteiger partial charge in [-0.1, -0.05) is 42.0 Å². The number of carbonyl (C=O) groups excluding carboxylic acids is 2. The first-order chi connectivity index (χ1) is 13.5. The van der Waals surface area contributed by atoms with Crippen molar-refractivity contribution in [1.29, 1.82) is 0 Å². The van der Waals surface area contributed by atoms with Crippen LogP contribution in [0.4, 0.5) is 5.69 Å². The summed E-state index contributed by atoms with van der Waals surface area (Å²) in [7, 11) is 0. The van der Waals surface area contributed by atoms with Gasteiger partial charge in [-0.2, -0.15) is 0 Å². The Balaban J connectivity index is 2.14. The second-order valence-corrected chi connectivity index (χ2v) is 6.63. The van der Waals surface area contributed by atoms with E-state index >= 15 is 0 Å². The highest BCUT2D eigenvalue weighted by Crippen LogP contribution is 2.34. The van der Waals surface area contributed by atoms with Crippen molar-refractivity contribution in [2.24, 2.45) is 0 Å². The number of nitrogens with zero attached hydrogens (tertiary/aromatic N) is 1. The largest absolute Gasteiger partial charge is 0.492 e. The van der Waals surface area contributed by atoms with Gasteiger partial charge in [-0.15, -0.1) is 6.58 Å². The van der Waals surface area contributed by atoms with E-state index < -0.39 is 0 Å². The van der Waals surface area contributed by atoms with Gasteiger partial charge in [-0.05, 0) is 44.0 Å². The molecule has 0 aromatic heterocycles. The Kier molecular flexibility index (Phi) is 5.64. The van der Waals surface area contributed by atoms with E-state index in [-0.39, 0.29) is 24.1 Å². The molecule has 0 fully saturated rings. The molecule has 5 heteroatoms. The predicted molar refractivity (Wildman–Crippen MR) is 111 cm³/mol. The molecule has 0 spiro atoms. The van der Waals surface area contributed by atoms with E-state index in [9.17, 15) is 9.59 Å². The van der Waals surface area contributed by atoms with Gasteiger partial charge in [-0.3, -0.25) is 14.5 Å². The van der Waals surface area contributed by atoms with Crippen molar-refractivity contribution in [3.8, 4) is 5.75 Å². The summed E-state index contributed by atoms with van der Waals surface area (Å²) >= 11 is 0. The molecule has 0 radical (unpaired) electrons. The van der Waals surface area contributed by atoms with Crippen LogP contribution < -0.4 is 10.1 Å². The maximum absolute atomic E-state index is 13.1. The van der Waals surface area contributed by atoms with Gasteiger partial charge < -0.3 is 10.1 Å². The van der Waals surface area contributed by atoms with Gasteiger partial charge in [0.2, 0.25) is 0 Å². The minimum Gasteiger partial charge on any atom is -0.492 e. The van der Waals surface area contributed by atoms with Crippen LogP contribution >= 0.6 is 0 Å². The first kappa shape index (κ1) is 19.4. The van der Waals surface area contributed by atoms with Crippen molar-refractivity contribution in [2.75, 3.05) is 18.5 Å². The number of hydrogen-bond acceptors (Lipinski definition) is 4. The van der Waals surface area contributed by atoms with Crippen LogP contribution in [0.2, 0.25) is 0 Å². The molecule has 0 bridgehead atoms. The van der Waals surface area contributed by atoms with E-state index in [0.717, 1.165) is 16.7 Å². The normalized spacial score (nSPS) is 13.9. The van der Waals surface area contributed by atoms with E-state index in [1.807, 2.05) is 63.2 Å². The summed E-state index contributed by atoms with van der Waals surface area (Å²) in [6, 6.07) is 13.2. The number of amides is 2. The molecule has 1 aliphatic rings. The van der Waals surface area contributed by atoms with Crippen molar-refractivity contribution in [3.05, 3.63) is 77.5 Å². The number of imide groups is 1. The number of anilines is 1. The van der Waals surface area contributed by atoms with Crippen LogP contribution in [0, 0.1) is 13.8 Å². The Morgan fingerprint density at radius 2 is 1.86 bits per heavy atom. The molecule has 1 aliphatic heterocycles. The molecule has 144 valence electrons. The molecule has 28 heavy (non-hydrogen) atoms. The first-order valence-electron chi connectivity index (χ1n) is 9.25. The van der Waals surface area contributed by atoms with Gasteiger partial charge in [-0.25, -0.2) is 0 Å². The van der Waals surface area contributed by atoms with Crippen LogP contribution in [0.3, 0.4) is 0 Å². The lowest BCUT2D eigenvalue weighted by Gasteiger charge is -2.14. The third-order valence-electron chi connectivity index (χ3n) is 4.58. The van der Waals surface area contributed by atoms with Crippen molar-refractivity contribution in [3.63, 3.8) is 0 Å². The number of para-hydroxylation sites is 2. The van der Waals surface area contributed by atoms with Crippen LogP contribution in [0.5, 0.6) is 5.75 Å². The van der Waals surface area contributed by atoms with Crippen LogP contribution in [0.25, 0.3) is 5.57 Å². The molecule has 0 saturated heterocycles. The standard InChI is InChI=1S/C23H24N2O3/c1-5-13-25-22(26)20(17-12-11-15(3)14-16(17)4)21(23(25)27)24-18-9-7-8-10-19(18)28-6-2/h5,7-12,14,24H,1,6,13H2,2-4H3. The highest BCUT2D eigenvalue weighted by molar-refractivity contribution is 6.36. The van der Waals surface area contributed by atoms with Crippen LogP contribution in [0.1, 0.15) is 23.6 Å². The lowest BCUT2D eigenvalue weighted by atomic mass is 9.97. The Bertz CT molecular complexity index is 976. The van der Waals surface area contributed by atoms with Gasteiger partial charge >= 0.3 is 0 Å². The fourth-order valence-electron chi connectivity index (χ4n) is 3.32. The maximum atomic E-state index is 13.1. The zero-order valence-electron chi connectivity index (χ0n) is 16.4. The summed E-state index contributed by atoms with van der Waals surface area (Å²) in [5.74, 6) is -0.0701. The Labute approximate surface area is 165 Å². The average Bonchev–Trinajstić information content (AvgIpc) is 2.89. The van der Waals surface area contributed by atoms with Gasteiger partial charge in [0.15, 0.2) is 0 Å². The fraction of sp³-hybridized carbons (Fsp3) is 0.217. The molecule has 2 aromatic carbocycles. The SMILES string of the molecule is C=CCN1C(=O)C(Nc2ccccc2OCC)=C(c2ccc(C)cc2C)C1=O. The van der Waals surface area contributed by atoms with Crippen molar-refractivity contribution in [1.82, 2.24) is 4.90 Å². The summed E-state index contributed by atoms with van der Waals surface area (Å²) in [6.07, 6.45) is 1.55. The first-order valence-corrected chi connectivity index (χ1v) is 9.25. The molecule has 1 N–H and O–H groups in total. The van der Waals surface area contributed by atoms with Gasteiger partial charge in [0.1, 0.15) is 11.4 Å². The molecule has 5 nitrogen and oxygen atoms in total. The van der Waals surface area contributed by atoms with Crippen LogP contribution in [-0.4, -0.2) is 29.9 Å². The molecule has 2 amide bonds. The highest BCUT2D eigenvalue weighted by Gasteiger charge is 2.39. The Hall–Kier alpha value is -3.34. The van der Waals surface area contributed by atoms with Crippen molar-refractivity contribution >= 4 is 23.1 Å². The lowest BCUT2D eigenvalue weighted by molar-refractivity contribution is -0.136. The van der Waals surface area contributed by atoms with Gasteiger partial charge in [0, 0.05) is 6.54 Å². The van der Waals surface area contributed by atoms with Crippen LogP contribution in [0.15, 0.2) is 60.8 Å². The van der Waals surface area contributed by atoms with E-state index in [1.54, 1.807) is 6.08 Å². The lowest BCUT2D eigenvalue weighted by Crippen LogP contribution is -2.32. The zero-order valence-corrected chi connectivity index (χ0v) is 16.4. The molecule has 0 atom stereocenters. The fourth-order valence-corrected chi connectivity index (χ4v) is 3.32. The number of hydrogen-bond donors (Lipinski definition) is 1. The van der Waals surface area contributed by atoms with E-state index in [0.29, 0.717) is 23.6 Å². The van der Waals surface area contributed by atoms with E-state index in [1.165, 1.54) is 4.90 Å². The maximum Gasteiger partial charge on any atom is 0.278 e. The number of nitrogens with one attached hydrogen (secondary N) is 1. The summed E-state index contributed by atoms with van der Waals surface area (Å²) in [6.45, 7) is 10.1. The molecule has 2 aromatic rings. The third-order valence-corrected chi connectivity index (χ3v) is 4.58. The molecule has 0 unspecified atom stereocenters. The molecule has 0 saturated carbocycles. The summed E-state index contributed by atoms with van der Waals surface area (Å²) in [5.41, 5.74) is 4.04. The monoisotopic (exact) mass is 376 g/mol. The van der Waals surface area contributed by atoms with Crippen LogP contribution in [-0.2, 0) is 9.59 Å². The topological polar surface area (TPSA) is 58.6 Å². The minimum atomic E-state index is -0.369. The zero-order chi connectivity index (χ0) is 20.3. The second kappa shape index (κ2) is 8.13. The molecule has 1 heterocycles. The molecular weight excluding hydrogens is 352 g/mol. The highest BCUT2D eigenvalue weighted by atomic mass is 16.5. The number of benzene rings is 2. The molecular formula is C23H24N2O3. The van der Waals surface area contributed by atoms with E-state index in [2.05, 4.69) is 11.9 Å². The van der Waals surface area contributed by atoms with Gasteiger partial charge in [0.25, 0.3) is 11.8 Å². The van der Waals surface area contributed by atoms with E-state index in [4.69, 9.17) is 4.74 Å². The minimum absolute atomic E-state index is 0.157. The number of aryl methyl sites for hydroxylation is 2. The third kappa shape index (κ3) is 3.56. The summed E-state index contributed by atoms with van der Waals surface area (Å²) < 4.78 is 5.65. The Morgan fingerprint density at radius 1 is 1.11 bits per heavy atom. The molecule has 3 rings (SSSR count). The Morgan fingerprint density at radius 3 is 2.54 bits per heavy atom. The predicted octanol–water partition coefficient (Wildman–Crippen LogP) is 4.08. The number of rotatable bonds is 7. The second-order valence-electron chi connectivity index (χ2n) is 6.63. The summed E-state index contributed by atoms with van der Waals surface area (Å²) in [4.78, 5) is 27.3. The number of ether oxygens (including phenoxy) is 1. The van der Waals surface area contributed by atoms with Gasteiger partial charge in [0.05, 0.1) is 17.9 Å². The smallest absolute Gasteiger partial charge is 0.278 e. The van der Waals surface area contributed by atoms with Crippen molar-refractivity contribution in [2.45, 2.75) is 20.8 Å². The van der Waals surface area contributed by atoms with Crippen molar-refractivity contribution < 1.29 is 14.3 Å². The summed E-state index contributed by atoms with van der Waals surface area (Å²) in [5, 5.41) is 3.16. The molecule has 0 aliphatic carbocycles. The average molecular weight is 376 g/mol.